The number of carbonyl (C=O) groups is 2. The first kappa shape index (κ1) is 13.4. The van der Waals surface area contributed by atoms with Crippen molar-refractivity contribution in [1.29, 1.82) is 0 Å². The lowest BCUT2D eigenvalue weighted by Crippen LogP contribution is -2.29. The predicted octanol–water partition coefficient (Wildman–Crippen LogP) is 1.04. The smallest absolute Gasteiger partial charge is 0.339 e. The van der Waals surface area contributed by atoms with Gasteiger partial charge in [-0.05, 0) is 22.0 Å². The standard InChI is InChI=1S/C10H12BrN3O3/c1-14(2)8(15)5-13-9-7(10(16)17)3-6(11)4-12-9/h3-4H,5H2,1-2H3,(H,12,13)(H,16,17). The first-order valence-corrected chi connectivity index (χ1v) is 5.54. The topological polar surface area (TPSA) is 82.5 Å². The molecule has 0 spiro atoms. The maximum absolute atomic E-state index is 11.3. The molecule has 1 aromatic rings. The summed E-state index contributed by atoms with van der Waals surface area (Å²) in [6.07, 6.45) is 1.47. The minimum absolute atomic E-state index is 0.00190. The molecule has 92 valence electrons. The van der Waals surface area contributed by atoms with Crippen LogP contribution >= 0.6 is 15.9 Å². The van der Waals surface area contributed by atoms with E-state index in [4.69, 9.17) is 5.11 Å². The molecule has 6 nitrogen and oxygen atoms in total. The molecule has 0 atom stereocenters. The average Bonchev–Trinajstić information content (AvgIpc) is 2.26. The summed E-state index contributed by atoms with van der Waals surface area (Å²) in [4.78, 5) is 27.6. The Bertz CT molecular complexity index is 448. The third-order valence-electron chi connectivity index (χ3n) is 1.99. The summed E-state index contributed by atoms with van der Waals surface area (Å²) in [6.45, 7) is 0.00190. The number of hydrogen-bond donors (Lipinski definition) is 2. The van der Waals surface area contributed by atoms with Gasteiger partial charge in [-0.3, -0.25) is 4.79 Å². The van der Waals surface area contributed by atoms with Gasteiger partial charge >= 0.3 is 5.97 Å². The fourth-order valence-corrected chi connectivity index (χ4v) is 1.39. The number of hydrogen-bond acceptors (Lipinski definition) is 4. The van der Waals surface area contributed by atoms with Crippen molar-refractivity contribution in [2.24, 2.45) is 0 Å². The maximum atomic E-state index is 11.3. The van der Waals surface area contributed by atoms with Gasteiger partial charge < -0.3 is 15.3 Å². The van der Waals surface area contributed by atoms with Crippen molar-refractivity contribution in [3.63, 3.8) is 0 Å². The lowest BCUT2D eigenvalue weighted by atomic mass is 10.2. The Morgan fingerprint density at radius 2 is 2.18 bits per heavy atom. The second-order valence-corrected chi connectivity index (χ2v) is 4.41. The molecule has 0 aliphatic rings. The molecule has 1 rings (SSSR count). The lowest BCUT2D eigenvalue weighted by Gasteiger charge is -2.12. The molecule has 0 saturated carbocycles. The van der Waals surface area contributed by atoms with E-state index in [9.17, 15) is 9.59 Å². The van der Waals surface area contributed by atoms with Crippen molar-refractivity contribution in [1.82, 2.24) is 9.88 Å². The number of carboxylic acids is 1. The number of aromatic carboxylic acids is 1. The minimum Gasteiger partial charge on any atom is -0.478 e. The number of carboxylic acid groups (broad SMARTS) is 1. The summed E-state index contributed by atoms with van der Waals surface area (Å²) in [5.41, 5.74) is 0.0194. The number of aromatic nitrogens is 1. The van der Waals surface area contributed by atoms with Gasteiger partial charge in [0.1, 0.15) is 11.4 Å². The molecule has 0 fully saturated rings. The van der Waals surface area contributed by atoms with Crippen LogP contribution in [0, 0.1) is 0 Å². The Labute approximate surface area is 107 Å². The van der Waals surface area contributed by atoms with Gasteiger partial charge in [0, 0.05) is 24.8 Å². The summed E-state index contributed by atoms with van der Waals surface area (Å²) in [6, 6.07) is 1.43. The minimum atomic E-state index is -1.10. The highest BCUT2D eigenvalue weighted by Crippen LogP contribution is 2.17. The van der Waals surface area contributed by atoms with Gasteiger partial charge in [0.05, 0.1) is 6.54 Å². The molecule has 0 aromatic carbocycles. The Hall–Kier alpha value is -1.63. The zero-order chi connectivity index (χ0) is 13.0. The highest BCUT2D eigenvalue weighted by atomic mass is 79.9. The molecular formula is C10H12BrN3O3. The SMILES string of the molecule is CN(C)C(=O)CNc1ncc(Br)cc1C(=O)O. The van der Waals surface area contributed by atoms with Crippen molar-refractivity contribution >= 4 is 33.6 Å². The molecule has 0 unspecified atom stereocenters. The molecule has 0 saturated heterocycles. The predicted molar refractivity (Wildman–Crippen MR) is 66.1 cm³/mol. The Morgan fingerprint density at radius 1 is 1.53 bits per heavy atom. The van der Waals surface area contributed by atoms with Crippen LogP contribution in [0.1, 0.15) is 10.4 Å². The number of amides is 1. The van der Waals surface area contributed by atoms with Gasteiger partial charge in [0.15, 0.2) is 0 Å². The van der Waals surface area contributed by atoms with E-state index in [1.165, 1.54) is 17.2 Å². The number of nitrogens with one attached hydrogen (secondary N) is 1. The first-order chi connectivity index (χ1) is 7.91. The number of likely N-dealkylation sites (N-methyl/N-ethyl adjacent to an activating group) is 1. The van der Waals surface area contributed by atoms with E-state index < -0.39 is 5.97 Å². The summed E-state index contributed by atoms with van der Waals surface area (Å²) >= 11 is 3.14. The van der Waals surface area contributed by atoms with Crippen molar-refractivity contribution in [3.8, 4) is 0 Å². The first-order valence-electron chi connectivity index (χ1n) is 4.74. The summed E-state index contributed by atoms with van der Waals surface area (Å²) in [5, 5.41) is 11.7. The third-order valence-corrected chi connectivity index (χ3v) is 2.42. The van der Waals surface area contributed by atoms with Crippen molar-refractivity contribution in [3.05, 3.63) is 22.3 Å². The molecule has 1 amide bonds. The quantitative estimate of drug-likeness (QED) is 0.868. The third kappa shape index (κ3) is 3.70. The number of pyridine rings is 1. The van der Waals surface area contributed by atoms with Crippen LogP contribution in [0.2, 0.25) is 0 Å². The van der Waals surface area contributed by atoms with Gasteiger partial charge in [-0.25, -0.2) is 9.78 Å². The Morgan fingerprint density at radius 3 is 2.71 bits per heavy atom. The number of nitrogens with zero attached hydrogens (tertiary/aromatic N) is 2. The molecule has 0 aliphatic heterocycles. The second-order valence-electron chi connectivity index (χ2n) is 3.50. The zero-order valence-corrected chi connectivity index (χ0v) is 11.0. The van der Waals surface area contributed by atoms with Crippen LogP contribution in [0.4, 0.5) is 5.82 Å². The summed E-state index contributed by atoms with van der Waals surface area (Å²) in [5.74, 6) is -1.08. The highest BCUT2D eigenvalue weighted by Gasteiger charge is 2.13. The number of rotatable bonds is 4. The average molecular weight is 302 g/mol. The van der Waals surface area contributed by atoms with Gasteiger partial charge in [-0.15, -0.1) is 0 Å². The molecule has 0 bridgehead atoms. The van der Waals surface area contributed by atoms with Crippen LogP contribution in [0.5, 0.6) is 0 Å². The van der Waals surface area contributed by atoms with Gasteiger partial charge in [-0.1, -0.05) is 0 Å². The Kier molecular flexibility index (Phi) is 4.45. The van der Waals surface area contributed by atoms with E-state index >= 15 is 0 Å². The number of carbonyl (C=O) groups excluding carboxylic acids is 1. The highest BCUT2D eigenvalue weighted by molar-refractivity contribution is 9.10. The van der Waals surface area contributed by atoms with E-state index in [2.05, 4.69) is 26.2 Å². The molecule has 2 N–H and O–H groups in total. The van der Waals surface area contributed by atoms with Crippen LogP contribution in [0.15, 0.2) is 16.7 Å². The second kappa shape index (κ2) is 5.62. The van der Waals surface area contributed by atoms with Crippen molar-refractivity contribution < 1.29 is 14.7 Å². The molecule has 1 heterocycles. The van der Waals surface area contributed by atoms with E-state index in [0.29, 0.717) is 4.47 Å². The van der Waals surface area contributed by atoms with Gasteiger partial charge in [-0.2, -0.15) is 0 Å². The molecule has 1 aromatic heterocycles. The van der Waals surface area contributed by atoms with E-state index in [1.807, 2.05) is 0 Å². The number of anilines is 1. The van der Waals surface area contributed by atoms with Gasteiger partial charge in [0.2, 0.25) is 5.91 Å². The molecule has 17 heavy (non-hydrogen) atoms. The maximum Gasteiger partial charge on any atom is 0.339 e. The lowest BCUT2D eigenvalue weighted by molar-refractivity contribution is -0.126. The Balaban J connectivity index is 2.84. The normalized spacial score (nSPS) is 9.82. The van der Waals surface area contributed by atoms with E-state index in [-0.39, 0.29) is 23.8 Å². The fraction of sp³-hybridized carbons (Fsp3) is 0.300. The summed E-state index contributed by atoms with van der Waals surface area (Å²) in [7, 11) is 3.24. The number of halogens is 1. The van der Waals surface area contributed by atoms with Gasteiger partial charge in [0.25, 0.3) is 0 Å². The van der Waals surface area contributed by atoms with E-state index in [0.717, 1.165) is 0 Å². The molecule has 7 heteroatoms. The van der Waals surface area contributed by atoms with E-state index in [1.54, 1.807) is 14.1 Å². The largest absolute Gasteiger partial charge is 0.478 e. The monoisotopic (exact) mass is 301 g/mol. The van der Waals surface area contributed by atoms with Crippen molar-refractivity contribution in [2.75, 3.05) is 26.0 Å². The molecule has 0 radical (unpaired) electrons. The zero-order valence-electron chi connectivity index (χ0n) is 9.40. The van der Waals surface area contributed by atoms with Crippen LogP contribution in [-0.4, -0.2) is 47.5 Å². The molecular weight excluding hydrogens is 290 g/mol. The van der Waals surface area contributed by atoms with Crippen LogP contribution in [0.25, 0.3) is 0 Å². The fourth-order valence-electron chi connectivity index (χ4n) is 1.06. The molecule has 0 aliphatic carbocycles. The van der Waals surface area contributed by atoms with Crippen molar-refractivity contribution in [2.45, 2.75) is 0 Å². The van der Waals surface area contributed by atoms with Crippen LogP contribution < -0.4 is 5.32 Å². The van der Waals surface area contributed by atoms with Crippen LogP contribution in [-0.2, 0) is 4.79 Å². The van der Waals surface area contributed by atoms with Crippen LogP contribution in [0.3, 0.4) is 0 Å². The summed E-state index contributed by atoms with van der Waals surface area (Å²) < 4.78 is 0.569.